The number of hydrogen-bond donors (Lipinski definition) is 0. The van der Waals surface area contributed by atoms with Gasteiger partial charge in [0.2, 0.25) is 15.0 Å². The molecule has 1 aliphatic heterocycles. The Labute approximate surface area is 197 Å². The first-order valence-electron chi connectivity index (χ1n) is 10.7. The summed E-state index contributed by atoms with van der Waals surface area (Å²) in [6.07, 6.45) is 1.97. The zero-order chi connectivity index (χ0) is 25.0. The van der Waals surface area contributed by atoms with Crippen molar-refractivity contribution >= 4 is 44.0 Å². The van der Waals surface area contributed by atoms with E-state index in [2.05, 4.69) is 9.97 Å². The van der Waals surface area contributed by atoms with Crippen molar-refractivity contribution < 1.29 is 17.9 Å². The number of carbonyl (C=O) groups excluding carboxylic acids is 1. The minimum absolute atomic E-state index is 0.223. The van der Waals surface area contributed by atoms with Gasteiger partial charge in [0, 0.05) is 38.0 Å². The monoisotopic (exact) mass is 485 g/mol. The predicted molar refractivity (Wildman–Crippen MR) is 130 cm³/mol. The van der Waals surface area contributed by atoms with E-state index in [4.69, 9.17) is 4.74 Å². The topological polar surface area (TPSA) is 115 Å². The number of aryl methyl sites for hydroxylation is 2. The molecule has 1 aromatic carbocycles. The van der Waals surface area contributed by atoms with Crippen molar-refractivity contribution in [3.8, 4) is 0 Å². The zero-order valence-corrected chi connectivity index (χ0v) is 20.8. The Hall–Kier alpha value is -3.47. The van der Waals surface area contributed by atoms with Crippen LogP contribution < -0.4 is 15.4 Å². The van der Waals surface area contributed by atoms with E-state index in [1.807, 2.05) is 50.8 Å². The first-order chi connectivity index (χ1) is 15.8. The number of hydrogen-bond acceptors (Lipinski definition) is 8. The molecule has 34 heavy (non-hydrogen) atoms. The number of ether oxygens (including phenoxy) is 1. The molecule has 0 radical (unpaired) electrons. The molecular weight excluding hydrogens is 458 g/mol. The van der Waals surface area contributed by atoms with Gasteiger partial charge in [-0.3, -0.25) is 14.3 Å². The van der Waals surface area contributed by atoms with Gasteiger partial charge >= 0.3 is 6.09 Å². The van der Waals surface area contributed by atoms with E-state index in [-0.39, 0.29) is 16.4 Å². The molecule has 4 rings (SSSR count). The minimum Gasteiger partial charge on any atom is -0.443 e. The molecule has 1 aliphatic rings. The van der Waals surface area contributed by atoms with Crippen molar-refractivity contribution in [2.75, 3.05) is 29.1 Å². The second-order valence-corrected chi connectivity index (χ2v) is 11.2. The van der Waals surface area contributed by atoms with Crippen LogP contribution in [0.4, 0.5) is 21.9 Å². The van der Waals surface area contributed by atoms with Crippen LogP contribution in [0.15, 0.2) is 40.4 Å². The van der Waals surface area contributed by atoms with Crippen LogP contribution in [-0.4, -0.2) is 54.0 Å². The summed E-state index contributed by atoms with van der Waals surface area (Å²) < 4.78 is 30.7. The molecule has 11 heteroatoms. The summed E-state index contributed by atoms with van der Waals surface area (Å²) >= 11 is 0. The smallest absolute Gasteiger partial charge is 0.414 e. The summed E-state index contributed by atoms with van der Waals surface area (Å²) in [7, 11) is -2.08. The van der Waals surface area contributed by atoms with Crippen molar-refractivity contribution in [1.82, 2.24) is 14.5 Å². The summed E-state index contributed by atoms with van der Waals surface area (Å²) in [6, 6.07) is 7.27. The van der Waals surface area contributed by atoms with E-state index in [0.29, 0.717) is 35.5 Å². The molecule has 3 heterocycles. The molecule has 0 unspecified atom stereocenters. The van der Waals surface area contributed by atoms with Crippen LogP contribution >= 0.6 is 0 Å². The first kappa shape index (κ1) is 23.7. The average Bonchev–Trinajstić information content (AvgIpc) is 2.74. The molecule has 180 valence electrons. The molecule has 0 fully saturated rings. The third kappa shape index (κ3) is 4.23. The van der Waals surface area contributed by atoms with Crippen LogP contribution in [0.5, 0.6) is 0 Å². The van der Waals surface area contributed by atoms with Crippen LogP contribution in [0.1, 0.15) is 26.3 Å². The third-order valence-corrected chi connectivity index (χ3v) is 6.33. The zero-order valence-electron chi connectivity index (χ0n) is 20.0. The van der Waals surface area contributed by atoms with Gasteiger partial charge in [0.05, 0.1) is 11.4 Å². The van der Waals surface area contributed by atoms with E-state index < -0.39 is 21.5 Å². The lowest BCUT2D eigenvalue weighted by Gasteiger charge is -2.39. The quantitative estimate of drug-likeness (QED) is 0.509. The fourth-order valence-corrected chi connectivity index (χ4v) is 4.48. The molecule has 0 bridgehead atoms. The highest BCUT2D eigenvalue weighted by Crippen LogP contribution is 2.40. The largest absolute Gasteiger partial charge is 0.443 e. The predicted octanol–water partition coefficient (Wildman–Crippen LogP) is 2.93. The lowest BCUT2D eigenvalue weighted by Crippen LogP contribution is -2.46. The van der Waals surface area contributed by atoms with Crippen molar-refractivity contribution in [1.29, 1.82) is 0 Å². The number of carbonyl (C=O) groups is 1. The average molecular weight is 486 g/mol. The van der Waals surface area contributed by atoms with Crippen LogP contribution in [0, 0.1) is 6.92 Å². The van der Waals surface area contributed by atoms with Gasteiger partial charge in [0.15, 0.2) is 0 Å². The van der Waals surface area contributed by atoms with Crippen LogP contribution in [0.25, 0.3) is 11.0 Å². The fraction of sp³-hybridized carbons (Fsp3) is 0.391. The van der Waals surface area contributed by atoms with E-state index >= 15 is 0 Å². The maximum absolute atomic E-state index is 13.3. The normalized spacial score (nSPS) is 14.3. The molecule has 2 aromatic heterocycles. The second kappa shape index (κ2) is 8.08. The Morgan fingerprint density at radius 2 is 1.85 bits per heavy atom. The molecule has 1 amide bonds. The number of anilines is 3. The standard InChI is InChI=1S/C23H27N5O5S/c1-14-8-7-9-16-18(14)28(22(30)33-23(2,3)4)11-10-27(16)17-12-15-13-24-21(34(6,31)32)25-19(15)26(5)20(17)29/h7-9,12-13H,10-11H2,1-6H3. The highest BCUT2D eigenvalue weighted by molar-refractivity contribution is 7.90. The fourth-order valence-electron chi connectivity index (χ4n) is 3.98. The van der Waals surface area contributed by atoms with Crippen molar-refractivity contribution in [3.05, 3.63) is 46.4 Å². The number of para-hydroxylation sites is 1. The van der Waals surface area contributed by atoms with Crippen LogP contribution in [-0.2, 0) is 21.6 Å². The van der Waals surface area contributed by atoms with Crippen LogP contribution in [0.2, 0.25) is 0 Å². The van der Waals surface area contributed by atoms with E-state index in [0.717, 1.165) is 11.8 Å². The summed E-state index contributed by atoms with van der Waals surface area (Å²) in [4.78, 5) is 37.8. The molecule has 0 aliphatic carbocycles. The highest BCUT2D eigenvalue weighted by atomic mass is 32.2. The molecule has 0 spiro atoms. The number of nitrogens with zero attached hydrogens (tertiary/aromatic N) is 5. The lowest BCUT2D eigenvalue weighted by atomic mass is 10.1. The number of rotatable bonds is 2. The molecular formula is C23H27N5O5S. The Morgan fingerprint density at radius 1 is 1.15 bits per heavy atom. The van der Waals surface area contributed by atoms with Crippen molar-refractivity contribution in [3.63, 3.8) is 0 Å². The van der Waals surface area contributed by atoms with E-state index in [9.17, 15) is 18.0 Å². The van der Waals surface area contributed by atoms with Gasteiger partial charge in [-0.05, 0) is 45.4 Å². The molecule has 0 saturated carbocycles. The summed E-state index contributed by atoms with van der Waals surface area (Å²) in [5.41, 5.74) is 1.85. The number of sulfone groups is 1. The SMILES string of the molecule is Cc1cccc2c1N(C(=O)OC(C)(C)C)CCN2c1cc2cnc(S(C)(=O)=O)nc2n(C)c1=O. The van der Waals surface area contributed by atoms with Gasteiger partial charge in [-0.25, -0.2) is 18.2 Å². The van der Waals surface area contributed by atoms with E-state index in [1.54, 1.807) is 18.0 Å². The Kier molecular flexibility index (Phi) is 5.63. The van der Waals surface area contributed by atoms with Gasteiger partial charge in [-0.1, -0.05) is 12.1 Å². The number of fused-ring (bicyclic) bond motifs is 2. The third-order valence-electron chi connectivity index (χ3n) is 5.47. The van der Waals surface area contributed by atoms with Crippen molar-refractivity contribution in [2.45, 2.75) is 38.5 Å². The summed E-state index contributed by atoms with van der Waals surface area (Å²) in [5.74, 6) is 0. The molecule has 10 nitrogen and oxygen atoms in total. The Bertz CT molecular complexity index is 1470. The number of amides is 1. The van der Waals surface area contributed by atoms with Gasteiger partial charge in [0.25, 0.3) is 5.56 Å². The van der Waals surface area contributed by atoms with Gasteiger partial charge in [-0.2, -0.15) is 4.98 Å². The number of benzene rings is 1. The van der Waals surface area contributed by atoms with Gasteiger partial charge in [-0.15, -0.1) is 0 Å². The van der Waals surface area contributed by atoms with Gasteiger partial charge < -0.3 is 9.64 Å². The summed E-state index contributed by atoms with van der Waals surface area (Å²) in [6.45, 7) is 8.02. The Balaban J connectivity index is 1.85. The number of aromatic nitrogens is 3. The van der Waals surface area contributed by atoms with Gasteiger partial charge in [0.1, 0.15) is 16.9 Å². The van der Waals surface area contributed by atoms with Crippen LogP contribution in [0.3, 0.4) is 0 Å². The maximum Gasteiger partial charge on any atom is 0.414 e. The summed E-state index contributed by atoms with van der Waals surface area (Å²) in [5, 5.41) is 0.183. The maximum atomic E-state index is 13.3. The molecule has 0 saturated heterocycles. The molecule has 0 N–H and O–H groups in total. The Morgan fingerprint density at radius 3 is 2.50 bits per heavy atom. The molecule has 3 aromatic rings. The second-order valence-electron chi connectivity index (χ2n) is 9.32. The number of pyridine rings is 1. The lowest BCUT2D eigenvalue weighted by molar-refractivity contribution is 0.0580. The highest BCUT2D eigenvalue weighted by Gasteiger charge is 2.33. The molecule has 0 atom stereocenters. The van der Waals surface area contributed by atoms with E-state index in [1.165, 1.54) is 10.8 Å². The van der Waals surface area contributed by atoms with Crippen molar-refractivity contribution in [2.24, 2.45) is 7.05 Å². The first-order valence-corrected chi connectivity index (χ1v) is 12.6. The minimum atomic E-state index is -3.62.